The van der Waals surface area contributed by atoms with Gasteiger partial charge in [-0.15, -0.1) is 0 Å². The van der Waals surface area contributed by atoms with Gasteiger partial charge in [0.25, 0.3) is 0 Å². The molecule has 2 heterocycles. The number of nitrogens with two attached hydrogens (primary N) is 1. The molecule has 3 aromatic rings. The van der Waals surface area contributed by atoms with E-state index < -0.39 is 0 Å². The number of halogens is 2. The van der Waals surface area contributed by atoms with E-state index in [0.717, 1.165) is 42.7 Å². The van der Waals surface area contributed by atoms with Gasteiger partial charge in [-0.25, -0.2) is 9.97 Å². The number of aldehydes is 1. The monoisotopic (exact) mass is 551 g/mol. The van der Waals surface area contributed by atoms with Crippen molar-refractivity contribution in [1.29, 1.82) is 5.41 Å². The highest BCUT2D eigenvalue weighted by molar-refractivity contribution is 6.35. The Morgan fingerprint density at radius 1 is 1.16 bits per heavy atom. The lowest BCUT2D eigenvalue weighted by Crippen LogP contribution is -2.37. The molecule has 198 valence electrons. The van der Waals surface area contributed by atoms with E-state index in [1.165, 1.54) is 6.33 Å². The fourth-order valence-electron chi connectivity index (χ4n) is 3.85. The van der Waals surface area contributed by atoms with E-state index in [4.69, 9.17) is 34.3 Å². The number of likely N-dealkylation sites (tertiary alicyclic amines) is 1. The summed E-state index contributed by atoms with van der Waals surface area (Å²) in [7, 11) is 3.99. The number of piperidine rings is 1. The highest BCUT2D eigenvalue weighted by atomic mass is 35.5. The molecule has 38 heavy (non-hydrogen) atoms. The Bertz CT molecular complexity index is 1340. The second-order valence-corrected chi connectivity index (χ2v) is 9.80. The smallest absolute Gasteiger partial charge is 0.150 e. The highest BCUT2D eigenvalue weighted by Crippen LogP contribution is 2.22. The lowest BCUT2D eigenvalue weighted by molar-refractivity contribution is 0.112. The van der Waals surface area contributed by atoms with Gasteiger partial charge in [0.05, 0.1) is 5.56 Å². The van der Waals surface area contributed by atoms with Crippen LogP contribution in [-0.2, 0) is 0 Å². The van der Waals surface area contributed by atoms with Gasteiger partial charge in [0.1, 0.15) is 30.0 Å². The molecule has 2 aromatic carbocycles. The molecule has 4 rings (SSSR count). The van der Waals surface area contributed by atoms with Crippen LogP contribution < -0.4 is 16.4 Å². The maximum atomic E-state index is 10.2. The number of aromatic nitrogens is 2. The van der Waals surface area contributed by atoms with Gasteiger partial charge in [0.15, 0.2) is 0 Å². The van der Waals surface area contributed by atoms with Gasteiger partial charge in [0.2, 0.25) is 0 Å². The van der Waals surface area contributed by atoms with E-state index in [1.807, 2.05) is 32.2 Å². The average molecular weight is 553 g/mol. The molecule has 0 aliphatic carbocycles. The lowest BCUT2D eigenvalue weighted by atomic mass is 10.0. The topological polar surface area (TPSA) is 120 Å². The van der Waals surface area contributed by atoms with E-state index in [1.54, 1.807) is 18.2 Å². The largest absolute Gasteiger partial charge is 0.388 e. The molecule has 8 nitrogen and oxygen atoms in total. The number of hydrogen-bond donors (Lipinski definition) is 4. The van der Waals surface area contributed by atoms with Gasteiger partial charge in [0, 0.05) is 39.9 Å². The average Bonchev–Trinajstić information content (AvgIpc) is 2.89. The molecule has 0 unspecified atom stereocenters. The zero-order valence-corrected chi connectivity index (χ0v) is 23.1. The lowest BCUT2D eigenvalue weighted by Gasteiger charge is -2.30. The van der Waals surface area contributed by atoms with Gasteiger partial charge in [-0.2, -0.15) is 0 Å². The molecule has 5 N–H and O–H groups in total. The van der Waals surface area contributed by atoms with Crippen LogP contribution in [0, 0.1) is 24.2 Å². The molecule has 1 fully saturated rings. The summed E-state index contributed by atoms with van der Waals surface area (Å²) < 4.78 is 0. The number of nitrogens with zero attached hydrogens (tertiary/aromatic N) is 3. The van der Waals surface area contributed by atoms with Crippen LogP contribution in [0.15, 0.2) is 42.7 Å². The van der Waals surface area contributed by atoms with Gasteiger partial charge in [-0.3, -0.25) is 10.2 Å². The van der Waals surface area contributed by atoms with Crippen molar-refractivity contribution in [2.24, 2.45) is 0 Å². The van der Waals surface area contributed by atoms with Crippen LogP contribution >= 0.6 is 23.2 Å². The van der Waals surface area contributed by atoms with Crippen molar-refractivity contribution in [2.75, 3.05) is 43.6 Å². The zero-order chi connectivity index (χ0) is 27.7. The van der Waals surface area contributed by atoms with Crippen LogP contribution in [0.3, 0.4) is 0 Å². The quantitative estimate of drug-likeness (QED) is 0.197. The van der Waals surface area contributed by atoms with Gasteiger partial charge >= 0.3 is 0 Å². The molecule has 0 atom stereocenters. The molecule has 0 radical (unpaired) electrons. The van der Waals surface area contributed by atoms with Crippen LogP contribution in [-0.4, -0.2) is 60.1 Å². The van der Waals surface area contributed by atoms with Crippen LogP contribution in [0.5, 0.6) is 0 Å². The van der Waals surface area contributed by atoms with Gasteiger partial charge in [-0.05, 0) is 81.7 Å². The molecule has 0 spiro atoms. The van der Waals surface area contributed by atoms with Crippen molar-refractivity contribution >= 4 is 52.5 Å². The summed E-state index contributed by atoms with van der Waals surface area (Å²) in [6.07, 6.45) is 4.18. The first-order valence-electron chi connectivity index (χ1n) is 12.1. The van der Waals surface area contributed by atoms with E-state index in [-0.39, 0.29) is 11.5 Å². The number of hydrogen-bond acceptors (Lipinski definition) is 8. The van der Waals surface area contributed by atoms with Crippen LogP contribution in [0.25, 0.3) is 0 Å². The summed E-state index contributed by atoms with van der Waals surface area (Å²) in [6.45, 7) is 4.07. The number of nitrogens with one attached hydrogen (secondary N) is 3. The number of carbonyl (C=O) groups excluding carboxylic acids is 1. The second-order valence-electron chi connectivity index (χ2n) is 8.93. The normalized spacial score (nSPS) is 13.4. The van der Waals surface area contributed by atoms with Crippen molar-refractivity contribution in [3.63, 3.8) is 0 Å². The third-order valence-electron chi connectivity index (χ3n) is 6.06. The highest BCUT2D eigenvalue weighted by Gasteiger charge is 2.20. The van der Waals surface area contributed by atoms with Crippen LogP contribution in [0.2, 0.25) is 10.0 Å². The molecule has 0 saturated carbocycles. The number of rotatable bonds is 5. The van der Waals surface area contributed by atoms with Crippen molar-refractivity contribution < 1.29 is 4.79 Å². The summed E-state index contributed by atoms with van der Waals surface area (Å²) in [5.41, 5.74) is 10.1. The molecule has 1 saturated heterocycles. The summed E-state index contributed by atoms with van der Waals surface area (Å²) in [6, 6.07) is 11.0. The first kappa shape index (κ1) is 28.9. The molecule has 1 aliphatic heterocycles. The van der Waals surface area contributed by atoms with Crippen molar-refractivity contribution in [3.05, 3.63) is 75.0 Å². The Morgan fingerprint density at radius 3 is 2.47 bits per heavy atom. The minimum atomic E-state index is 0.114. The van der Waals surface area contributed by atoms with Gasteiger partial charge in [-0.1, -0.05) is 35.2 Å². The predicted octanol–water partition coefficient (Wildman–Crippen LogP) is 5.14. The molecule has 0 amide bonds. The second kappa shape index (κ2) is 13.8. The van der Waals surface area contributed by atoms with E-state index in [0.29, 0.717) is 39.3 Å². The summed E-state index contributed by atoms with van der Waals surface area (Å²) in [4.78, 5) is 20.9. The Morgan fingerprint density at radius 2 is 1.84 bits per heavy atom. The molecule has 1 aromatic heterocycles. The number of carbonyl (C=O) groups is 1. The Balaban J connectivity index is 0.000000336. The molecule has 1 aliphatic rings. The Hall–Kier alpha value is -3.64. The fourth-order valence-corrected chi connectivity index (χ4v) is 4.39. The Labute approximate surface area is 233 Å². The minimum Gasteiger partial charge on any atom is -0.388 e. The first-order valence-corrected chi connectivity index (χ1v) is 12.8. The standard InChI is InChI=1S/C21H27N7.C7H4Cl2O/c1-14-4-6-17(24-2)12-15(14)5-7-18(22)19-20(23)25-13-26-21(19)27-16-8-10-28(3)11-9-16;8-6-1-5(4-10)2-7(9)3-6/h4,6,12-13,16,22,24H,8-11H2,1-3H3,(H3,23,25,26,27);1-4H. The third kappa shape index (κ3) is 8.18. The zero-order valence-electron chi connectivity index (χ0n) is 21.6. The van der Waals surface area contributed by atoms with Crippen molar-refractivity contribution in [2.45, 2.75) is 25.8 Å². The fraction of sp³-hybridized carbons (Fsp3) is 0.286. The van der Waals surface area contributed by atoms with Crippen LogP contribution in [0.4, 0.5) is 17.3 Å². The molecular weight excluding hydrogens is 521 g/mol. The van der Waals surface area contributed by atoms with Crippen molar-refractivity contribution in [1.82, 2.24) is 14.9 Å². The maximum Gasteiger partial charge on any atom is 0.150 e. The first-order chi connectivity index (χ1) is 18.2. The van der Waals surface area contributed by atoms with E-state index >= 15 is 0 Å². The molecule has 10 heteroatoms. The number of nitrogen functional groups attached to an aromatic ring is 1. The number of anilines is 3. The van der Waals surface area contributed by atoms with E-state index in [9.17, 15) is 4.79 Å². The summed E-state index contributed by atoms with van der Waals surface area (Å²) in [5, 5.41) is 16.0. The Kier molecular flexibility index (Phi) is 10.5. The molecular formula is C28H31Cl2N7O. The molecule has 0 bridgehead atoms. The number of aryl methyl sites for hydroxylation is 1. The maximum absolute atomic E-state index is 10.2. The third-order valence-corrected chi connectivity index (χ3v) is 6.49. The predicted molar refractivity (Wildman–Crippen MR) is 157 cm³/mol. The van der Waals surface area contributed by atoms with E-state index in [2.05, 4.69) is 44.4 Å². The van der Waals surface area contributed by atoms with Crippen molar-refractivity contribution in [3.8, 4) is 11.8 Å². The SMILES string of the molecule is CNc1ccc(C)c(C#CC(=N)c2c(N)ncnc2NC2CCN(C)CC2)c1.O=Cc1cc(Cl)cc(Cl)c1. The minimum absolute atomic E-state index is 0.114. The summed E-state index contributed by atoms with van der Waals surface area (Å²) in [5.74, 6) is 6.87. The van der Waals surface area contributed by atoms with Crippen LogP contribution in [0.1, 0.15) is 39.9 Å². The summed E-state index contributed by atoms with van der Waals surface area (Å²) >= 11 is 11.2. The number of benzene rings is 2. The van der Waals surface area contributed by atoms with Gasteiger partial charge < -0.3 is 21.3 Å².